The molecule has 1 aliphatic rings. The van der Waals surface area contributed by atoms with E-state index in [1.807, 2.05) is 6.07 Å². The minimum absolute atomic E-state index is 0.0448. The van der Waals surface area contributed by atoms with Crippen LogP contribution in [0.5, 0.6) is 0 Å². The van der Waals surface area contributed by atoms with Gasteiger partial charge in [0.1, 0.15) is 0 Å². The summed E-state index contributed by atoms with van der Waals surface area (Å²) in [6.07, 6.45) is 3.51. The molecule has 1 fully saturated rings. The Hall–Kier alpha value is -0.991. The van der Waals surface area contributed by atoms with E-state index in [4.69, 9.17) is 9.47 Å². The quantitative estimate of drug-likeness (QED) is 0.633. The summed E-state index contributed by atoms with van der Waals surface area (Å²) >= 11 is 0.469. The fourth-order valence-corrected chi connectivity index (χ4v) is 3.91. The molecule has 0 amide bonds. The van der Waals surface area contributed by atoms with E-state index in [9.17, 15) is 4.79 Å². The molecule has 0 bridgehead atoms. The number of cyclic esters (lactones) is 2. The average Bonchev–Trinajstić information content (AvgIpc) is 2.36. The van der Waals surface area contributed by atoms with Crippen molar-refractivity contribution < 1.29 is 14.3 Å². The summed E-state index contributed by atoms with van der Waals surface area (Å²) in [5.74, 6) is 0. The van der Waals surface area contributed by atoms with Crippen LogP contribution in [0.4, 0.5) is 4.79 Å². The molecule has 1 aliphatic heterocycles. The summed E-state index contributed by atoms with van der Waals surface area (Å²) in [5, 5.41) is 1.11. The molecule has 18 heavy (non-hydrogen) atoms. The molecule has 98 valence electrons. The van der Waals surface area contributed by atoms with Gasteiger partial charge in [0.15, 0.2) is 0 Å². The molecule has 1 atom stereocenters. The molecule has 1 aromatic carbocycles. The fourth-order valence-electron chi connectivity index (χ4n) is 1.89. The molecule has 2 rings (SSSR count). The van der Waals surface area contributed by atoms with Gasteiger partial charge in [0.25, 0.3) is 0 Å². The zero-order valence-corrected chi connectivity index (χ0v) is 12.1. The number of carbonyl (C=O) groups is 1. The van der Waals surface area contributed by atoms with Gasteiger partial charge in [-0.25, -0.2) is 0 Å². The molecule has 0 spiro atoms. The Kier molecular flexibility index (Phi) is 5.56. The SMILES string of the molecule is O=C1OCCCCC(CC[Se]c2ccccc2)O1. The minimum atomic E-state index is -0.494. The number of rotatable bonds is 4. The van der Waals surface area contributed by atoms with Gasteiger partial charge in [-0.05, 0) is 0 Å². The van der Waals surface area contributed by atoms with Crippen LogP contribution in [0.2, 0.25) is 5.32 Å². The molecule has 4 heteroatoms. The molecule has 3 nitrogen and oxygen atoms in total. The number of ether oxygens (including phenoxy) is 2. The molecule has 0 saturated carbocycles. The summed E-state index contributed by atoms with van der Waals surface area (Å²) in [7, 11) is 0. The Bertz CT molecular complexity index is 367. The molecular weight excluding hydrogens is 295 g/mol. The molecule has 0 N–H and O–H groups in total. The van der Waals surface area contributed by atoms with E-state index >= 15 is 0 Å². The summed E-state index contributed by atoms with van der Waals surface area (Å²) in [5.41, 5.74) is 0. The van der Waals surface area contributed by atoms with Gasteiger partial charge >= 0.3 is 114 Å². The first-order valence-electron chi connectivity index (χ1n) is 6.36. The van der Waals surface area contributed by atoms with Crippen molar-refractivity contribution in [3.05, 3.63) is 30.3 Å². The predicted molar refractivity (Wildman–Crippen MR) is 71.3 cm³/mol. The van der Waals surface area contributed by atoms with E-state index in [1.54, 1.807) is 0 Å². The summed E-state index contributed by atoms with van der Waals surface area (Å²) in [6, 6.07) is 10.5. The first-order chi connectivity index (χ1) is 8.84. The van der Waals surface area contributed by atoms with Crippen molar-refractivity contribution >= 4 is 25.6 Å². The molecule has 0 radical (unpaired) electrons. The zero-order valence-electron chi connectivity index (χ0n) is 10.3. The maximum absolute atomic E-state index is 11.2. The van der Waals surface area contributed by atoms with Crippen molar-refractivity contribution in [2.24, 2.45) is 0 Å². The topological polar surface area (TPSA) is 35.5 Å². The van der Waals surface area contributed by atoms with Gasteiger partial charge in [-0.1, -0.05) is 0 Å². The van der Waals surface area contributed by atoms with Crippen LogP contribution in [0, 0.1) is 0 Å². The summed E-state index contributed by atoms with van der Waals surface area (Å²) in [6.45, 7) is 0.500. The Morgan fingerprint density at radius 1 is 1.22 bits per heavy atom. The van der Waals surface area contributed by atoms with Gasteiger partial charge < -0.3 is 0 Å². The summed E-state index contributed by atoms with van der Waals surface area (Å²) in [4.78, 5) is 11.2. The average molecular weight is 313 g/mol. The molecule has 1 aromatic rings. The summed E-state index contributed by atoms with van der Waals surface area (Å²) < 4.78 is 11.6. The second kappa shape index (κ2) is 7.45. The monoisotopic (exact) mass is 314 g/mol. The molecule has 1 unspecified atom stereocenters. The van der Waals surface area contributed by atoms with E-state index in [0.29, 0.717) is 21.6 Å². The number of hydrogen-bond donors (Lipinski definition) is 0. The first-order valence-corrected chi connectivity index (χ1v) is 8.42. The van der Waals surface area contributed by atoms with Gasteiger partial charge in [0.2, 0.25) is 0 Å². The number of benzene rings is 1. The third-order valence-corrected chi connectivity index (χ3v) is 5.05. The van der Waals surface area contributed by atoms with Crippen molar-refractivity contribution in [2.45, 2.75) is 37.1 Å². The molecule has 0 aromatic heterocycles. The molecule has 0 aliphatic carbocycles. The Labute approximate surface area is 114 Å². The van der Waals surface area contributed by atoms with Crippen LogP contribution in [0.25, 0.3) is 0 Å². The maximum atomic E-state index is 11.2. The van der Waals surface area contributed by atoms with Crippen molar-refractivity contribution in [2.75, 3.05) is 6.61 Å². The van der Waals surface area contributed by atoms with Crippen LogP contribution in [0.15, 0.2) is 30.3 Å². The van der Waals surface area contributed by atoms with E-state index in [0.717, 1.165) is 31.0 Å². The van der Waals surface area contributed by atoms with Crippen molar-refractivity contribution in [1.29, 1.82) is 0 Å². The van der Waals surface area contributed by atoms with Crippen LogP contribution < -0.4 is 4.46 Å². The third kappa shape index (κ3) is 4.71. The van der Waals surface area contributed by atoms with E-state index in [1.165, 1.54) is 4.46 Å². The van der Waals surface area contributed by atoms with Gasteiger partial charge in [0, 0.05) is 0 Å². The molecule has 1 heterocycles. The van der Waals surface area contributed by atoms with Gasteiger partial charge in [-0.15, -0.1) is 0 Å². The van der Waals surface area contributed by atoms with Crippen LogP contribution in [-0.4, -0.2) is 33.8 Å². The zero-order chi connectivity index (χ0) is 12.6. The molecule has 1 saturated heterocycles. The Morgan fingerprint density at radius 2 is 2.06 bits per heavy atom. The Morgan fingerprint density at radius 3 is 2.89 bits per heavy atom. The van der Waals surface area contributed by atoms with Gasteiger partial charge in [0.05, 0.1) is 0 Å². The molecular formula is C14H18O3Se. The normalized spacial score (nSPS) is 20.4. The van der Waals surface area contributed by atoms with Crippen LogP contribution in [0.1, 0.15) is 25.7 Å². The first kappa shape index (κ1) is 13.4. The van der Waals surface area contributed by atoms with Crippen LogP contribution >= 0.6 is 0 Å². The predicted octanol–water partition coefficient (Wildman–Crippen LogP) is 2.53. The van der Waals surface area contributed by atoms with E-state index in [-0.39, 0.29) is 6.10 Å². The van der Waals surface area contributed by atoms with E-state index < -0.39 is 6.16 Å². The van der Waals surface area contributed by atoms with Crippen molar-refractivity contribution in [3.63, 3.8) is 0 Å². The van der Waals surface area contributed by atoms with E-state index in [2.05, 4.69) is 24.3 Å². The van der Waals surface area contributed by atoms with Gasteiger partial charge in [-0.2, -0.15) is 0 Å². The Balaban J connectivity index is 1.73. The standard InChI is InChI=1S/C14H18O3Se/c15-14-16-10-5-4-6-12(17-14)9-11-18-13-7-2-1-3-8-13/h1-3,7-8,12H,4-6,9-11H2. The van der Waals surface area contributed by atoms with Crippen molar-refractivity contribution in [1.82, 2.24) is 0 Å². The number of hydrogen-bond acceptors (Lipinski definition) is 3. The fraction of sp³-hybridized carbons (Fsp3) is 0.500. The second-order valence-electron chi connectivity index (χ2n) is 4.28. The number of carbonyl (C=O) groups excluding carboxylic acids is 1. The van der Waals surface area contributed by atoms with Crippen LogP contribution in [-0.2, 0) is 9.47 Å². The second-order valence-corrected chi connectivity index (χ2v) is 6.74. The van der Waals surface area contributed by atoms with Gasteiger partial charge in [-0.3, -0.25) is 0 Å². The van der Waals surface area contributed by atoms with Crippen LogP contribution in [0.3, 0.4) is 0 Å². The van der Waals surface area contributed by atoms with Crippen molar-refractivity contribution in [3.8, 4) is 0 Å². The third-order valence-electron chi connectivity index (χ3n) is 2.86.